The SMILES string of the molecule is C=C(CBr)NCCCC(NC(=O)CCl)C(=O)NCC. The average molecular weight is 355 g/mol. The quantitative estimate of drug-likeness (QED) is 0.407. The zero-order chi connectivity index (χ0) is 14.7. The smallest absolute Gasteiger partial charge is 0.242 e. The number of allylic oxidation sites excluding steroid dienone is 1. The fourth-order valence-corrected chi connectivity index (χ4v) is 1.69. The second-order valence-corrected chi connectivity index (χ2v) is 4.78. The van der Waals surface area contributed by atoms with Crippen LogP contribution in [0.4, 0.5) is 0 Å². The molecule has 0 aliphatic rings. The molecule has 3 N–H and O–H groups in total. The standard InChI is InChI=1S/C12H21BrClN3O2/c1-3-15-12(19)10(17-11(18)8-14)5-4-6-16-9(2)7-13/h10,16H,2-8H2,1H3,(H,15,19)(H,17,18). The average Bonchev–Trinajstić information content (AvgIpc) is 2.41. The van der Waals surface area contributed by atoms with E-state index in [2.05, 4.69) is 38.5 Å². The largest absolute Gasteiger partial charge is 0.388 e. The van der Waals surface area contributed by atoms with E-state index >= 15 is 0 Å². The van der Waals surface area contributed by atoms with Gasteiger partial charge >= 0.3 is 0 Å². The van der Waals surface area contributed by atoms with Gasteiger partial charge in [-0.15, -0.1) is 11.6 Å². The molecule has 0 fully saturated rings. The molecule has 19 heavy (non-hydrogen) atoms. The first-order valence-electron chi connectivity index (χ1n) is 6.15. The zero-order valence-corrected chi connectivity index (χ0v) is 13.4. The Kier molecular flexibility index (Phi) is 10.7. The summed E-state index contributed by atoms with van der Waals surface area (Å²) in [6, 6.07) is -0.537. The molecule has 0 aliphatic carbocycles. The highest BCUT2D eigenvalue weighted by Gasteiger charge is 2.19. The lowest BCUT2D eigenvalue weighted by atomic mass is 10.1. The number of nitrogens with one attached hydrogen (secondary N) is 3. The Morgan fingerprint density at radius 1 is 1.37 bits per heavy atom. The van der Waals surface area contributed by atoms with Crippen LogP contribution in [0, 0.1) is 0 Å². The summed E-state index contributed by atoms with van der Waals surface area (Å²) in [4.78, 5) is 23.0. The molecule has 0 aliphatic heterocycles. The third-order valence-corrected chi connectivity index (χ3v) is 3.25. The van der Waals surface area contributed by atoms with Crippen molar-refractivity contribution in [2.75, 3.05) is 24.3 Å². The van der Waals surface area contributed by atoms with E-state index in [0.717, 1.165) is 12.1 Å². The lowest BCUT2D eigenvalue weighted by molar-refractivity contribution is -0.128. The molecule has 0 heterocycles. The van der Waals surface area contributed by atoms with Crippen molar-refractivity contribution in [2.24, 2.45) is 0 Å². The first-order valence-corrected chi connectivity index (χ1v) is 7.81. The molecule has 5 nitrogen and oxygen atoms in total. The molecule has 0 saturated carbocycles. The first kappa shape index (κ1) is 18.2. The van der Waals surface area contributed by atoms with Crippen molar-refractivity contribution in [3.63, 3.8) is 0 Å². The second-order valence-electron chi connectivity index (χ2n) is 3.95. The van der Waals surface area contributed by atoms with E-state index in [-0.39, 0.29) is 17.7 Å². The summed E-state index contributed by atoms with van der Waals surface area (Å²) < 4.78 is 0. The fraction of sp³-hybridized carbons (Fsp3) is 0.667. The molecular formula is C12H21BrClN3O2. The van der Waals surface area contributed by atoms with Gasteiger partial charge in [-0.2, -0.15) is 0 Å². The molecule has 2 amide bonds. The molecule has 1 unspecified atom stereocenters. The van der Waals surface area contributed by atoms with Crippen LogP contribution < -0.4 is 16.0 Å². The van der Waals surface area contributed by atoms with Crippen LogP contribution in [0.15, 0.2) is 12.3 Å². The predicted octanol–water partition coefficient (Wildman–Crippen LogP) is 1.12. The van der Waals surface area contributed by atoms with Crippen molar-refractivity contribution < 1.29 is 9.59 Å². The molecule has 0 aromatic heterocycles. The van der Waals surface area contributed by atoms with Gasteiger partial charge in [0.05, 0.1) is 0 Å². The van der Waals surface area contributed by atoms with Crippen LogP contribution in [0.25, 0.3) is 0 Å². The van der Waals surface area contributed by atoms with Crippen LogP contribution >= 0.6 is 27.5 Å². The summed E-state index contributed by atoms with van der Waals surface area (Å²) in [6.45, 7) is 6.86. The minimum atomic E-state index is -0.537. The molecule has 0 radical (unpaired) electrons. The number of amides is 2. The van der Waals surface area contributed by atoms with Crippen molar-refractivity contribution in [3.05, 3.63) is 12.3 Å². The van der Waals surface area contributed by atoms with Crippen molar-refractivity contribution in [3.8, 4) is 0 Å². The van der Waals surface area contributed by atoms with Crippen LogP contribution in [-0.2, 0) is 9.59 Å². The summed E-state index contributed by atoms with van der Waals surface area (Å²) in [5, 5.41) is 9.11. The molecule has 0 rings (SSSR count). The number of rotatable bonds is 10. The normalized spacial score (nSPS) is 11.5. The van der Waals surface area contributed by atoms with Gasteiger partial charge in [-0.1, -0.05) is 22.5 Å². The van der Waals surface area contributed by atoms with E-state index in [9.17, 15) is 9.59 Å². The lowest BCUT2D eigenvalue weighted by Crippen LogP contribution is -2.47. The van der Waals surface area contributed by atoms with Gasteiger partial charge in [0.15, 0.2) is 0 Å². The molecule has 110 valence electrons. The molecule has 7 heteroatoms. The third kappa shape index (κ3) is 8.88. The van der Waals surface area contributed by atoms with E-state index in [1.54, 1.807) is 0 Å². The number of hydrogen-bond donors (Lipinski definition) is 3. The van der Waals surface area contributed by atoms with Gasteiger partial charge in [-0.25, -0.2) is 0 Å². The number of carbonyl (C=O) groups is 2. The van der Waals surface area contributed by atoms with Crippen molar-refractivity contribution >= 4 is 39.3 Å². The molecule has 0 spiro atoms. The van der Waals surface area contributed by atoms with Crippen LogP contribution in [0.2, 0.25) is 0 Å². The predicted molar refractivity (Wildman–Crippen MR) is 81.5 cm³/mol. The van der Waals surface area contributed by atoms with Gasteiger partial charge in [0.1, 0.15) is 11.9 Å². The Morgan fingerprint density at radius 2 is 2.05 bits per heavy atom. The minimum Gasteiger partial charge on any atom is -0.388 e. The summed E-state index contributed by atoms with van der Waals surface area (Å²) in [5.74, 6) is -0.662. The van der Waals surface area contributed by atoms with E-state index < -0.39 is 6.04 Å². The van der Waals surface area contributed by atoms with Gasteiger partial charge in [-0.05, 0) is 19.8 Å². The van der Waals surface area contributed by atoms with E-state index in [0.29, 0.717) is 24.8 Å². The first-order chi connectivity index (χ1) is 9.04. The van der Waals surface area contributed by atoms with Crippen molar-refractivity contribution in [1.82, 2.24) is 16.0 Å². The lowest BCUT2D eigenvalue weighted by Gasteiger charge is -2.17. The van der Waals surface area contributed by atoms with Gasteiger partial charge < -0.3 is 16.0 Å². The molecule has 0 saturated heterocycles. The molecule has 0 aromatic rings. The highest BCUT2D eigenvalue weighted by atomic mass is 79.9. The minimum absolute atomic E-state index is 0.144. The monoisotopic (exact) mass is 353 g/mol. The molecule has 0 bridgehead atoms. The Balaban J connectivity index is 4.15. The Hall–Kier alpha value is -0.750. The third-order valence-electron chi connectivity index (χ3n) is 2.33. The summed E-state index contributed by atoms with van der Waals surface area (Å²) in [6.07, 6.45) is 1.30. The number of hydrogen-bond acceptors (Lipinski definition) is 3. The van der Waals surface area contributed by atoms with Gasteiger partial charge in [-0.3, -0.25) is 9.59 Å². The molecule has 0 aromatic carbocycles. The van der Waals surface area contributed by atoms with Crippen LogP contribution in [0.1, 0.15) is 19.8 Å². The van der Waals surface area contributed by atoms with Gasteiger partial charge in [0.25, 0.3) is 0 Å². The highest BCUT2D eigenvalue weighted by Crippen LogP contribution is 1.99. The van der Waals surface area contributed by atoms with E-state index in [4.69, 9.17) is 11.6 Å². The summed E-state index contributed by atoms with van der Waals surface area (Å²) >= 11 is 8.71. The van der Waals surface area contributed by atoms with E-state index in [1.807, 2.05) is 6.92 Å². The maximum atomic E-state index is 11.8. The Labute approximate surface area is 127 Å². The number of likely N-dealkylation sites (N-methyl/N-ethyl adjacent to an activating group) is 1. The Bertz CT molecular complexity index is 313. The van der Waals surface area contributed by atoms with Gasteiger partial charge in [0.2, 0.25) is 11.8 Å². The summed E-state index contributed by atoms with van der Waals surface area (Å²) in [5.41, 5.74) is 0.888. The zero-order valence-electron chi connectivity index (χ0n) is 11.1. The topological polar surface area (TPSA) is 70.2 Å². The van der Waals surface area contributed by atoms with Crippen LogP contribution in [0.5, 0.6) is 0 Å². The summed E-state index contributed by atoms with van der Waals surface area (Å²) in [7, 11) is 0. The van der Waals surface area contributed by atoms with E-state index in [1.165, 1.54) is 0 Å². The second kappa shape index (κ2) is 11.1. The van der Waals surface area contributed by atoms with Crippen molar-refractivity contribution in [1.29, 1.82) is 0 Å². The molecule has 1 atom stereocenters. The number of carbonyl (C=O) groups excluding carboxylic acids is 2. The number of alkyl halides is 2. The molecular weight excluding hydrogens is 334 g/mol. The van der Waals surface area contributed by atoms with Crippen LogP contribution in [-0.4, -0.2) is 42.2 Å². The van der Waals surface area contributed by atoms with Crippen molar-refractivity contribution in [2.45, 2.75) is 25.8 Å². The number of halogens is 2. The van der Waals surface area contributed by atoms with Crippen LogP contribution in [0.3, 0.4) is 0 Å². The van der Waals surface area contributed by atoms with Gasteiger partial charge in [0, 0.05) is 24.1 Å². The highest BCUT2D eigenvalue weighted by molar-refractivity contribution is 9.09. The maximum absolute atomic E-state index is 11.8. The Morgan fingerprint density at radius 3 is 2.58 bits per heavy atom. The maximum Gasteiger partial charge on any atom is 0.242 e. The fourth-order valence-electron chi connectivity index (χ4n) is 1.42.